The van der Waals surface area contributed by atoms with Crippen LogP contribution in [0.3, 0.4) is 0 Å². The van der Waals surface area contributed by atoms with Crippen LogP contribution in [-0.4, -0.2) is 31.8 Å². The SMILES string of the molecule is CCOC(=O)[C@H]1OC(C)=C(C(=O)OC)[C@@H]1c1ccc(Br)cc1. The molecule has 0 N–H and O–H groups in total. The number of carbonyl (C=O) groups is 2. The number of methoxy groups -OCH3 is 1. The Kier molecular flexibility index (Phi) is 5.24. The van der Waals surface area contributed by atoms with Gasteiger partial charge in [0.05, 0.1) is 25.2 Å². The molecule has 6 heteroatoms. The van der Waals surface area contributed by atoms with Crippen molar-refractivity contribution in [2.45, 2.75) is 25.9 Å². The Balaban J connectivity index is 2.45. The number of hydrogen-bond donors (Lipinski definition) is 0. The minimum absolute atomic E-state index is 0.248. The van der Waals surface area contributed by atoms with Gasteiger partial charge in [0, 0.05) is 4.47 Å². The predicted octanol–water partition coefficient (Wildman–Crippen LogP) is 2.94. The Morgan fingerprint density at radius 3 is 2.45 bits per heavy atom. The zero-order chi connectivity index (χ0) is 16.3. The lowest BCUT2D eigenvalue weighted by Gasteiger charge is -2.19. The van der Waals surface area contributed by atoms with Gasteiger partial charge >= 0.3 is 11.9 Å². The van der Waals surface area contributed by atoms with Gasteiger partial charge in [0.25, 0.3) is 0 Å². The topological polar surface area (TPSA) is 61.8 Å². The molecule has 2 rings (SSSR count). The van der Waals surface area contributed by atoms with Crippen molar-refractivity contribution < 1.29 is 23.8 Å². The van der Waals surface area contributed by atoms with Crippen LogP contribution in [0.5, 0.6) is 0 Å². The van der Waals surface area contributed by atoms with E-state index in [1.165, 1.54) is 7.11 Å². The summed E-state index contributed by atoms with van der Waals surface area (Å²) in [5.41, 5.74) is 1.14. The summed E-state index contributed by atoms with van der Waals surface area (Å²) in [5, 5.41) is 0. The molecule has 0 aromatic heterocycles. The average molecular weight is 369 g/mol. The predicted molar refractivity (Wildman–Crippen MR) is 83.1 cm³/mol. The van der Waals surface area contributed by atoms with Crippen LogP contribution in [-0.2, 0) is 23.8 Å². The highest BCUT2D eigenvalue weighted by Gasteiger charge is 2.45. The van der Waals surface area contributed by atoms with Crippen molar-refractivity contribution in [2.24, 2.45) is 0 Å². The van der Waals surface area contributed by atoms with Crippen molar-refractivity contribution in [1.82, 2.24) is 0 Å². The summed E-state index contributed by atoms with van der Waals surface area (Å²) >= 11 is 3.37. The van der Waals surface area contributed by atoms with Crippen LogP contribution in [0.15, 0.2) is 40.1 Å². The van der Waals surface area contributed by atoms with Gasteiger partial charge in [-0.2, -0.15) is 0 Å². The minimum atomic E-state index is -0.879. The zero-order valence-electron chi connectivity index (χ0n) is 12.6. The Labute approximate surface area is 137 Å². The quantitative estimate of drug-likeness (QED) is 0.764. The molecule has 0 aliphatic carbocycles. The largest absolute Gasteiger partial charge is 0.482 e. The van der Waals surface area contributed by atoms with Crippen molar-refractivity contribution in [3.8, 4) is 0 Å². The molecule has 1 heterocycles. The van der Waals surface area contributed by atoms with E-state index in [4.69, 9.17) is 14.2 Å². The number of rotatable bonds is 4. The fourth-order valence-corrected chi connectivity index (χ4v) is 2.76. The van der Waals surface area contributed by atoms with Crippen molar-refractivity contribution in [1.29, 1.82) is 0 Å². The Morgan fingerprint density at radius 2 is 1.91 bits per heavy atom. The van der Waals surface area contributed by atoms with Gasteiger partial charge in [0.15, 0.2) is 0 Å². The van der Waals surface area contributed by atoms with Gasteiger partial charge in [0.2, 0.25) is 6.10 Å². The minimum Gasteiger partial charge on any atom is -0.482 e. The molecule has 0 spiro atoms. The molecule has 1 aromatic rings. The monoisotopic (exact) mass is 368 g/mol. The molecular weight excluding hydrogens is 352 g/mol. The molecule has 5 nitrogen and oxygen atoms in total. The number of benzene rings is 1. The number of carbonyl (C=O) groups excluding carboxylic acids is 2. The Hall–Kier alpha value is -1.82. The van der Waals surface area contributed by atoms with E-state index in [9.17, 15) is 9.59 Å². The van der Waals surface area contributed by atoms with Crippen LogP contribution in [0, 0.1) is 0 Å². The third-order valence-corrected chi connectivity index (χ3v) is 3.98. The van der Waals surface area contributed by atoms with Crippen LogP contribution in [0.25, 0.3) is 0 Å². The molecule has 1 aromatic carbocycles. The van der Waals surface area contributed by atoms with E-state index < -0.39 is 24.0 Å². The molecule has 22 heavy (non-hydrogen) atoms. The first kappa shape index (κ1) is 16.5. The summed E-state index contributed by atoms with van der Waals surface area (Å²) in [4.78, 5) is 24.2. The highest BCUT2D eigenvalue weighted by atomic mass is 79.9. The highest BCUT2D eigenvalue weighted by Crippen LogP contribution is 2.40. The van der Waals surface area contributed by atoms with Crippen LogP contribution < -0.4 is 0 Å². The van der Waals surface area contributed by atoms with Crippen LogP contribution in [0.2, 0.25) is 0 Å². The molecule has 0 bridgehead atoms. The number of allylic oxidation sites excluding steroid dienone is 1. The number of halogens is 1. The summed E-state index contributed by atoms with van der Waals surface area (Å²) in [5.74, 6) is -1.15. The molecule has 0 amide bonds. The summed E-state index contributed by atoms with van der Waals surface area (Å²) in [6.07, 6.45) is -0.879. The first-order valence-corrected chi connectivity index (χ1v) is 7.66. The standard InChI is InChI=1S/C16H17BrO5/c1-4-21-16(19)14-13(10-5-7-11(17)8-6-10)12(9(2)22-14)15(18)20-3/h5-8,13-14H,4H2,1-3H3/t13-,14-/m0/s1. The summed E-state index contributed by atoms with van der Waals surface area (Å²) in [7, 11) is 1.30. The molecule has 118 valence electrons. The summed E-state index contributed by atoms with van der Waals surface area (Å²) in [6, 6.07) is 7.37. The second kappa shape index (κ2) is 6.96. The lowest BCUT2D eigenvalue weighted by Crippen LogP contribution is -2.30. The van der Waals surface area contributed by atoms with Crippen molar-refractivity contribution in [3.05, 3.63) is 45.6 Å². The van der Waals surface area contributed by atoms with E-state index in [0.29, 0.717) is 11.3 Å². The molecule has 2 atom stereocenters. The lowest BCUT2D eigenvalue weighted by atomic mass is 9.87. The van der Waals surface area contributed by atoms with Gasteiger partial charge in [-0.3, -0.25) is 0 Å². The molecule has 0 saturated heterocycles. The van der Waals surface area contributed by atoms with Gasteiger partial charge in [-0.05, 0) is 31.5 Å². The summed E-state index contributed by atoms with van der Waals surface area (Å²) in [6.45, 7) is 3.62. The van der Waals surface area contributed by atoms with E-state index in [1.807, 2.05) is 24.3 Å². The second-order valence-corrected chi connectivity index (χ2v) is 5.70. The normalized spacial score (nSPS) is 20.5. The molecular formula is C16H17BrO5. The first-order chi connectivity index (χ1) is 10.5. The maximum Gasteiger partial charge on any atom is 0.348 e. The smallest absolute Gasteiger partial charge is 0.348 e. The van der Waals surface area contributed by atoms with E-state index in [0.717, 1.165) is 10.0 Å². The molecule has 0 saturated carbocycles. The molecule has 0 radical (unpaired) electrons. The van der Waals surface area contributed by atoms with Gasteiger partial charge in [-0.1, -0.05) is 28.1 Å². The third-order valence-electron chi connectivity index (χ3n) is 3.45. The Bertz CT molecular complexity index is 605. The number of ether oxygens (including phenoxy) is 3. The van der Waals surface area contributed by atoms with Crippen LogP contribution in [0.1, 0.15) is 25.3 Å². The van der Waals surface area contributed by atoms with Gasteiger partial charge in [0.1, 0.15) is 5.76 Å². The molecule has 0 unspecified atom stereocenters. The van der Waals surface area contributed by atoms with Crippen LogP contribution >= 0.6 is 15.9 Å². The highest BCUT2D eigenvalue weighted by molar-refractivity contribution is 9.10. The fourth-order valence-electron chi connectivity index (χ4n) is 2.49. The Morgan fingerprint density at radius 1 is 1.27 bits per heavy atom. The maximum absolute atomic E-state index is 12.2. The van der Waals surface area contributed by atoms with Crippen LogP contribution in [0.4, 0.5) is 0 Å². The van der Waals surface area contributed by atoms with E-state index >= 15 is 0 Å². The second-order valence-electron chi connectivity index (χ2n) is 4.78. The third kappa shape index (κ3) is 3.16. The molecule has 1 aliphatic rings. The maximum atomic E-state index is 12.2. The first-order valence-electron chi connectivity index (χ1n) is 6.87. The zero-order valence-corrected chi connectivity index (χ0v) is 14.2. The lowest BCUT2D eigenvalue weighted by molar-refractivity contribution is -0.153. The van der Waals surface area contributed by atoms with E-state index in [-0.39, 0.29) is 6.61 Å². The summed E-state index contributed by atoms with van der Waals surface area (Å²) < 4.78 is 16.4. The molecule has 0 fully saturated rings. The van der Waals surface area contributed by atoms with Gasteiger partial charge in [-0.25, -0.2) is 9.59 Å². The van der Waals surface area contributed by atoms with E-state index in [1.54, 1.807) is 13.8 Å². The van der Waals surface area contributed by atoms with Crippen molar-refractivity contribution >= 4 is 27.9 Å². The van der Waals surface area contributed by atoms with Gasteiger partial charge < -0.3 is 14.2 Å². The molecule has 1 aliphatic heterocycles. The average Bonchev–Trinajstić information content (AvgIpc) is 2.85. The van der Waals surface area contributed by atoms with Crippen molar-refractivity contribution in [2.75, 3.05) is 13.7 Å². The number of hydrogen-bond acceptors (Lipinski definition) is 5. The number of esters is 2. The van der Waals surface area contributed by atoms with Crippen molar-refractivity contribution in [3.63, 3.8) is 0 Å². The van der Waals surface area contributed by atoms with E-state index in [2.05, 4.69) is 15.9 Å². The van der Waals surface area contributed by atoms with Gasteiger partial charge in [-0.15, -0.1) is 0 Å². The fraction of sp³-hybridized carbons (Fsp3) is 0.375.